The Labute approximate surface area is 102 Å². The highest BCUT2D eigenvalue weighted by molar-refractivity contribution is 6.30. The molecule has 0 saturated carbocycles. The summed E-state index contributed by atoms with van der Waals surface area (Å²) in [6.07, 6.45) is 1.93. The first-order valence-electron chi connectivity index (χ1n) is 5.40. The van der Waals surface area contributed by atoms with Gasteiger partial charge in [-0.25, -0.2) is 0 Å². The number of methoxy groups -OCH3 is 1. The molecule has 0 fully saturated rings. The quantitative estimate of drug-likeness (QED) is 0.763. The summed E-state index contributed by atoms with van der Waals surface area (Å²) in [5, 5.41) is 0.676. The summed E-state index contributed by atoms with van der Waals surface area (Å²) in [6.45, 7) is 1.96. The Kier molecular flexibility index (Phi) is 5.50. The van der Waals surface area contributed by atoms with Crippen LogP contribution in [0.1, 0.15) is 25.3 Å². The number of hydrogen-bond donors (Lipinski definition) is 0. The van der Waals surface area contributed by atoms with Gasteiger partial charge < -0.3 is 4.74 Å². The van der Waals surface area contributed by atoms with Gasteiger partial charge in [0, 0.05) is 25.0 Å². The number of benzene rings is 1. The molecular formula is C13H17ClO2. The largest absolute Gasteiger partial charge is 0.382 e. The Hall–Kier alpha value is -0.860. The molecule has 1 aromatic carbocycles. The summed E-state index contributed by atoms with van der Waals surface area (Å²) in [6, 6.07) is 7.42. The maximum absolute atomic E-state index is 11.6. The molecule has 16 heavy (non-hydrogen) atoms. The SMILES string of the molecule is COC(C)CCC(=O)Cc1cccc(Cl)c1. The number of ether oxygens (including phenoxy) is 1. The number of carbonyl (C=O) groups excluding carboxylic acids is 1. The third-order valence-electron chi connectivity index (χ3n) is 2.52. The number of hydrogen-bond acceptors (Lipinski definition) is 2. The summed E-state index contributed by atoms with van der Waals surface area (Å²) in [5.41, 5.74) is 0.975. The summed E-state index contributed by atoms with van der Waals surface area (Å²) in [7, 11) is 1.66. The minimum Gasteiger partial charge on any atom is -0.382 e. The van der Waals surface area contributed by atoms with E-state index in [4.69, 9.17) is 16.3 Å². The predicted molar refractivity (Wildman–Crippen MR) is 65.9 cm³/mol. The lowest BCUT2D eigenvalue weighted by molar-refractivity contribution is -0.119. The summed E-state index contributed by atoms with van der Waals surface area (Å²) < 4.78 is 5.10. The number of rotatable bonds is 6. The molecule has 1 atom stereocenters. The maximum atomic E-state index is 11.6. The fourth-order valence-electron chi connectivity index (χ4n) is 1.45. The molecule has 0 N–H and O–H groups in total. The fraction of sp³-hybridized carbons (Fsp3) is 0.462. The van der Waals surface area contributed by atoms with Crippen LogP contribution >= 0.6 is 11.6 Å². The Morgan fingerprint density at radius 2 is 2.25 bits per heavy atom. The van der Waals surface area contributed by atoms with E-state index in [9.17, 15) is 4.79 Å². The van der Waals surface area contributed by atoms with Gasteiger partial charge in [0.25, 0.3) is 0 Å². The zero-order valence-corrected chi connectivity index (χ0v) is 10.5. The van der Waals surface area contributed by atoms with Gasteiger partial charge in [0.15, 0.2) is 0 Å². The fourth-order valence-corrected chi connectivity index (χ4v) is 1.66. The molecule has 0 aliphatic rings. The third kappa shape index (κ3) is 4.77. The van der Waals surface area contributed by atoms with E-state index in [0.29, 0.717) is 17.9 Å². The second kappa shape index (κ2) is 6.66. The monoisotopic (exact) mass is 240 g/mol. The minimum atomic E-state index is 0.142. The first-order chi connectivity index (χ1) is 7.61. The van der Waals surface area contributed by atoms with Crippen LogP contribution in [0.15, 0.2) is 24.3 Å². The van der Waals surface area contributed by atoms with Gasteiger partial charge in [0.1, 0.15) is 5.78 Å². The van der Waals surface area contributed by atoms with Crippen molar-refractivity contribution in [1.82, 2.24) is 0 Å². The van der Waals surface area contributed by atoms with E-state index in [2.05, 4.69) is 0 Å². The van der Waals surface area contributed by atoms with Crippen molar-refractivity contribution in [2.75, 3.05) is 7.11 Å². The van der Waals surface area contributed by atoms with E-state index in [-0.39, 0.29) is 11.9 Å². The molecule has 2 nitrogen and oxygen atoms in total. The molecule has 0 aliphatic heterocycles. The summed E-state index contributed by atoms with van der Waals surface area (Å²) in [5.74, 6) is 0.228. The second-order valence-corrected chi connectivity index (χ2v) is 4.37. The number of halogens is 1. The highest BCUT2D eigenvalue weighted by Gasteiger charge is 2.07. The standard InChI is InChI=1S/C13H17ClO2/c1-10(16-2)6-7-13(15)9-11-4-3-5-12(14)8-11/h3-5,8,10H,6-7,9H2,1-2H3. The zero-order chi connectivity index (χ0) is 12.0. The molecule has 0 saturated heterocycles. The molecule has 0 heterocycles. The van der Waals surface area contributed by atoms with Crippen molar-refractivity contribution in [2.24, 2.45) is 0 Å². The van der Waals surface area contributed by atoms with Crippen LogP contribution in [0.3, 0.4) is 0 Å². The van der Waals surface area contributed by atoms with E-state index < -0.39 is 0 Å². The van der Waals surface area contributed by atoms with Gasteiger partial charge in [-0.15, -0.1) is 0 Å². The average Bonchev–Trinajstić information content (AvgIpc) is 2.26. The topological polar surface area (TPSA) is 26.3 Å². The molecule has 88 valence electrons. The first-order valence-corrected chi connectivity index (χ1v) is 5.78. The van der Waals surface area contributed by atoms with Gasteiger partial charge in [-0.1, -0.05) is 23.7 Å². The van der Waals surface area contributed by atoms with Crippen molar-refractivity contribution >= 4 is 17.4 Å². The van der Waals surface area contributed by atoms with Crippen LogP contribution in [0.4, 0.5) is 0 Å². The molecule has 0 aromatic heterocycles. The Morgan fingerprint density at radius 3 is 2.88 bits per heavy atom. The van der Waals surface area contributed by atoms with Gasteiger partial charge in [-0.05, 0) is 31.0 Å². The van der Waals surface area contributed by atoms with E-state index >= 15 is 0 Å². The van der Waals surface area contributed by atoms with Crippen LogP contribution in [0.5, 0.6) is 0 Å². The summed E-state index contributed by atoms with van der Waals surface area (Å²) >= 11 is 5.85. The van der Waals surface area contributed by atoms with E-state index in [1.807, 2.05) is 31.2 Å². The number of ketones is 1. The van der Waals surface area contributed by atoms with Crippen LogP contribution in [0, 0.1) is 0 Å². The van der Waals surface area contributed by atoms with Crippen LogP contribution < -0.4 is 0 Å². The van der Waals surface area contributed by atoms with Crippen molar-refractivity contribution in [3.63, 3.8) is 0 Å². The van der Waals surface area contributed by atoms with Crippen molar-refractivity contribution in [3.05, 3.63) is 34.9 Å². The molecule has 1 rings (SSSR count). The minimum absolute atomic E-state index is 0.142. The van der Waals surface area contributed by atoms with Crippen molar-refractivity contribution in [2.45, 2.75) is 32.3 Å². The van der Waals surface area contributed by atoms with Crippen LogP contribution in [0.25, 0.3) is 0 Å². The molecule has 3 heteroatoms. The van der Waals surface area contributed by atoms with Crippen LogP contribution in [-0.2, 0) is 16.0 Å². The molecule has 0 radical (unpaired) electrons. The lowest BCUT2D eigenvalue weighted by Crippen LogP contribution is -2.10. The Morgan fingerprint density at radius 1 is 1.50 bits per heavy atom. The highest BCUT2D eigenvalue weighted by Crippen LogP contribution is 2.12. The average molecular weight is 241 g/mol. The van der Waals surface area contributed by atoms with Gasteiger partial charge in [0.05, 0.1) is 6.10 Å². The normalized spacial score (nSPS) is 12.4. The Bertz CT molecular complexity index is 350. The molecule has 0 aliphatic carbocycles. The number of carbonyl (C=O) groups is 1. The van der Waals surface area contributed by atoms with Gasteiger partial charge >= 0.3 is 0 Å². The van der Waals surface area contributed by atoms with E-state index in [1.54, 1.807) is 7.11 Å². The molecule has 0 spiro atoms. The lowest BCUT2D eigenvalue weighted by atomic mass is 10.0. The Balaban J connectivity index is 2.40. The molecular weight excluding hydrogens is 224 g/mol. The van der Waals surface area contributed by atoms with Crippen molar-refractivity contribution in [3.8, 4) is 0 Å². The van der Waals surface area contributed by atoms with Crippen LogP contribution in [0.2, 0.25) is 5.02 Å². The lowest BCUT2D eigenvalue weighted by Gasteiger charge is -2.08. The molecule has 1 unspecified atom stereocenters. The molecule has 1 aromatic rings. The van der Waals surface area contributed by atoms with Crippen molar-refractivity contribution in [1.29, 1.82) is 0 Å². The van der Waals surface area contributed by atoms with E-state index in [1.165, 1.54) is 0 Å². The predicted octanol–water partition coefficient (Wildman–Crippen LogP) is 3.27. The maximum Gasteiger partial charge on any atom is 0.137 e. The van der Waals surface area contributed by atoms with Crippen LogP contribution in [-0.4, -0.2) is 19.0 Å². The van der Waals surface area contributed by atoms with Gasteiger partial charge in [0.2, 0.25) is 0 Å². The highest BCUT2D eigenvalue weighted by atomic mass is 35.5. The van der Waals surface area contributed by atoms with Gasteiger partial charge in [-0.3, -0.25) is 4.79 Å². The first kappa shape index (κ1) is 13.2. The molecule has 0 bridgehead atoms. The third-order valence-corrected chi connectivity index (χ3v) is 2.76. The van der Waals surface area contributed by atoms with Crippen molar-refractivity contribution < 1.29 is 9.53 Å². The van der Waals surface area contributed by atoms with E-state index in [0.717, 1.165) is 12.0 Å². The zero-order valence-electron chi connectivity index (χ0n) is 9.70. The molecule has 0 amide bonds. The second-order valence-electron chi connectivity index (χ2n) is 3.93. The smallest absolute Gasteiger partial charge is 0.137 e. The van der Waals surface area contributed by atoms with Gasteiger partial charge in [-0.2, -0.15) is 0 Å². The summed E-state index contributed by atoms with van der Waals surface area (Å²) in [4.78, 5) is 11.6. The number of Topliss-reactive ketones (excluding diaryl/α,β-unsaturated/α-hetero) is 1.